The van der Waals surface area contributed by atoms with Crippen molar-refractivity contribution in [3.05, 3.63) is 34.3 Å². The van der Waals surface area contributed by atoms with E-state index >= 15 is 0 Å². The molecule has 0 aliphatic rings. The number of unbranched alkanes of at least 4 members (excludes halogenated alkanes) is 5. The van der Waals surface area contributed by atoms with E-state index in [1.807, 2.05) is 0 Å². The molecule has 0 radical (unpaired) electrons. The highest BCUT2D eigenvalue weighted by Crippen LogP contribution is 2.16. The zero-order chi connectivity index (χ0) is 14.6. The Kier molecular flexibility index (Phi) is 10.0. The minimum Gasteiger partial charge on any atom is -0.314 e. The lowest BCUT2D eigenvalue weighted by Gasteiger charge is -2.18. The number of benzene rings is 1. The second-order valence-corrected chi connectivity index (χ2v) is 6.56. The average Bonchev–Trinajstić information content (AvgIpc) is 2.43. The molecule has 0 amide bonds. The van der Waals surface area contributed by atoms with Gasteiger partial charge >= 0.3 is 0 Å². The summed E-state index contributed by atoms with van der Waals surface area (Å²) in [6.45, 7) is 5.54. The highest BCUT2D eigenvalue weighted by Gasteiger charge is 2.08. The van der Waals surface area contributed by atoms with E-state index in [1.165, 1.54) is 55.0 Å². The topological polar surface area (TPSA) is 12.0 Å². The van der Waals surface area contributed by atoms with Crippen LogP contribution in [0.5, 0.6) is 0 Å². The van der Waals surface area contributed by atoms with Crippen LogP contribution in [0.1, 0.15) is 64.4 Å². The van der Waals surface area contributed by atoms with Gasteiger partial charge in [-0.25, -0.2) is 0 Å². The second kappa shape index (κ2) is 11.3. The Bertz CT molecular complexity index is 351. The molecule has 2 heteroatoms. The molecule has 0 aromatic heterocycles. The van der Waals surface area contributed by atoms with Crippen molar-refractivity contribution in [2.45, 2.75) is 71.3 Å². The van der Waals surface area contributed by atoms with Gasteiger partial charge in [-0.2, -0.15) is 0 Å². The third kappa shape index (κ3) is 8.06. The molecule has 1 aromatic rings. The van der Waals surface area contributed by atoms with Gasteiger partial charge in [-0.1, -0.05) is 80.4 Å². The molecule has 114 valence electrons. The number of likely N-dealkylation sites (N-methyl/N-ethyl adjacent to an activating group) is 1. The summed E-state index contributed by atoms with van der Waals surface area (Å²) in [5.41, 5.74) is 1.43. The first-order chi connectivity index (χ1) is 9.76. The summed E-state index contributed by atoms with van der Waals surface area (Å²) in [5, 5.41) is 3.64. The van der Waals surface area contributed by atoms with E-state index in [4.69, 9.17) is 0 Å². The zero-order valence-corrected chi connectivity index (χ0v) is 14.7. The highest BCUT2D eigenvalue weighted by atomic mass is 79.9. The third-order valence-electron chi connectivity index (χ3n) is 3.77. The quantitative estimate of drug-likeness (QED) is 0.508. The second-order valence-electron chi connectivity index (χ2n) is 5.65. The van der Waals surface area contributed by atoms with Crippen LogP contribution in [0.3, 0.4) is 0 Å². The summed E-state index contributed by atoms with van der Waals surface area (Å²) in [7, 11) is 0. The van der Waals surface area contributed by atoms with Gasteiger partial charge in [0.25, 0.3) is 0 Å². The molecule has 0 saturated heterocycles. The maximum atomic E-state index is 3.64. The molecule has 0 bridgehead atoms. The average molecular weight is 340 g/mol. The van der Waals surface area contributed by atoms with Crippen LogP contribution >= 0.6 is 15.9 Å². The number of nitrogens with one attached hydrogen (secondary N) is 1. The minimum absolute atomic E-state index is 0.625. The first-order valence-corrected chi connectivity index (χ1v) is 9.03. The molecule has 20 heavy (non-hydrogen) atoms. The maximum absolute atomic E-state index is 3.64. The van der Waals surface area contributed by atoms with Gasteiger partial charge in [0.1, 0.15) is 0 Å². The van der Waals surface area contributed by atoms with Crippen molar-refractivity contribution >= 4 is 15.9 Å². The van der Waals surface area contributed by atoms with E-state index in [1.54, 1.807) is 0 Å². The van der Waals surface area contributed by atoms with Gasteiger partial charge in [0.15, 0.2) is 0 Å². The summed E-state index contributed by atoms with van der Waals surface area (Å²) < 4.78 is 1.19. The summed E-state index contributed by atoms with van der Waals surface area (Å²) in [4.78, 5) is 0. The van der Waals surface area contributed by atoms with Crippen molar-refractivity contribution in [1.82, 2.24) is 5.32 Å². The summed E-state index contributed by atoms with van der Waals surface area (Å²) >= 11 is 3.56. The summed E-state index contributed by atoms with van der Waals surface area (Å²) in [6, 6.07) is 9.33. The van der Waals surface area contributed by atoms with Crippen LogP contribution in [0, 0.1) is 0 Å². The van der Waals surface area contributed by atoms with E-state index in [-0.39, 0.29) is 0 Å². The minimum atomic E-state index is 0.625. The van der Waals surface area contributed by atoms with E-state index in [0.717, 1.165) is 13.0 Å². The SMILES string of the molecule is CCCCCCCCC(Cc1cccc(Br)c1)NCC. The predicted octanol–water partition coefficient (Wildman–Crippen LogP) is 5.72. The molecule has 1 atom stereocenters. The van der Waals surface area contributed by atoms with Crippen molar-refractivity contribution in [3.8, 4) is 0 Å². The monoisotopic (exact) mass is 339 g/mol. The molecule has 0 saturated carbocycles. The molecular formula is C18H30BrN. The lowest BCUT2D eigenvalue weighted by atomic mass is 9.99. The van der Waals surface area contributed by atoms with Gasteiger partial charge in [0.05, 0.1) is 0 Å². The molecular weight excluding hydrogens is 310 g/mol. The fourth-order valence-corrected chi connectivity index (χ4v) is 3.13. The van der Waals surface area contributed by atoms with Crippen LogP contribution in [0.4, 0.5) is 0 Å². The normalized spacial score (nSPS) is 12.6. The van der Waals surface area contributed by atoms with Crippen LogP contribution in [0.15, 0.2) is 28.7 Å². The zero-order valence-electron chi connectivity index (χ0n) is 13.1. The van der Waals surface area contributed by atoms with Gasteiger partial charge in [0, 0.05) is 10.5 Å². The Morgan fingerprint density at radius 3 is 2.50 bits per heavy atom. The molecule has 0 aliphatic heterocycles. The lowest BCUT2D eigenvalue weighted by Crippen LogP contribution is -2.30. The fraction of sp³-hybridized carbons (Fsp3) is 0.667. The third-order valence-corrected chi connectivity index (χ3v) is 4.26. The number of hydrogen-bond acceptors (Lipinski definition) is 1. The lowest BCUT2D eigenvalue weighted by molar-refractivity contribution is 0.459. The van der Waals surface area contributed by atoms with Crippen molar-refractivity contribution in [1.29, 1.82) is 0 Å². The number of rotatable bonds is 11. The van der Waals surface area contributed by atoms with Crippen molar-refractivity contribution < 1.29 is 0 Å². The first-order valence-electron chi connectivity index (χ1n) is 8.24. The van der Waals surface area contributed by atoms with Gasteiger partial charge in [-0.05, 0) is 37.1 Å². The standard InChI is InChI=1S/C18H30BrN/c1-3-5-6-7-8-9-13-18(20-4-2)15-16-11-10-12-17(19)14-16/h10-12,14,18,20H,3-9,13,15H2,1-2H3. The Morgan fingerprint density at radius 2 is 1.80 bits per heavy atom. The van der Waals surface area contributed by atoms with Gasteiger partial charge in [-0.15, -0.1) is 0 Å². The van der Waals surface area contributed by atoms with Crippen molar-refractivity contribution in [2.75, 3.05) is 6.54 Å². The molecule has 0 fully saturated rings. The highest BCUT2D eigenvalue weighted by molar-refractivity contribution is 9.10. The molecule has 1 aromatic carbocycles. The Hall–Kier alpha value is -0.340. The Balaban J connectivity index is 2.29. The number of halogens is 1. The smallest absolute Gasteiger partial charge is 0.0178 e. The molecule has 1 unspecified atom stereocenters. The molecule has 1 nitrogen and oxygen atoms in total. The van der Waals surface area contributed by atoms with E-state index < -0.39 is 0 Å². The van der Waals surface area contributed by atoms with Crippen LogP contribution in [0.25, 0.3) is 0 Å². The van der Waals surface area contributed by atoms with E-state index in [2.05, 4.69) is 59.4 Å². The maximum Gasteiger partial charge on any atom is 0.0178 e. The first kappa shape index (κ1) is 17.7. The summed E-state index contributed by atoms with van der Waals surface area (Å²) in [5.74, 6) is 0. The molecule has 0 spiro atoms. The van der Waals surface area contributed by atoms with Gasteiger partial charge in [-0.3, -0.25) is 0 Å². The van der Waals surface area contributed by atoms with E-state index in [9.17, 15) is 0 Å². The molecule has 0 heterocycles. The summed E-state index contributed by atoms with van der Waals surface area (Å²) in [6.07, 6.45) is 10.7. The predicted molar refractivity (Wildman–Crippen MR) is 93.3 cm³/mol. The van der Waals surface area contributed by atoms with Crippen LogP contribution in [-0.4, -0.2) is 12.6 Å². The van der Waals surface area contributed by atoms with Crippen molar-refractivity contribution in [3.63, 3.8) is 0 Å². The van der Waals surface area contributed by atoms with Crippen molar-refractivity contribution in [2.24, 2.45) is 0 Å². The molecule has 0 aliphatic carbocycles. The largest absolute Gasteiger partial charge is 0.314 e. The van der Waals surface area contributed by atoms with Crippen LogP contribution in [0.2, 0.25) is 0 Å². The van der Waals surface area contributed by atoms with Crippen LogP contribution < -0.4 is 5.32 Å². The Morgan fingerprint density at radius 1 is 1.05 bits per heavy atom. The number of hydrogen-bond donors (Lipinski definition) is 1. The fourth-order valence-electron chi connectivity index (χ4n) is 2.68. The van der Waals surface area contributed by atoms with Gasteiger partial charge < -0.3 is 5.32 Å². The van der Waals surface area contributed by atoms with Gasteiger partial charge in [0.2, 0.25) is 0 Å². The Labute approximate surface area is 133 Å². The molecule has 1 rings (SSSR count). The molecule has 1 N–H and O–H groups in total. The van der Waals surface area contributed by atoms with Crippen LogP contribution in [-0.2, 0) is 6.42 Å². The van der Waals surface area contributed by atoms with E-state index in [0.29, 0.717) is 6.04 Å².